The van der Waals surface area contributed by atoms with Crippen LogP contribution in [0.15, 0.2) is 41.4 Å². The number of benzene rings is 1. The van der Waals surface area contributed by atoms with Crippen LogP contribution < -0.4 is 0 Å². The van der Waals surface area contributed by atoms with E-state index in [2.05, 4.69) is 10.1 Å². The molecule has 3 aromatic rings. The largest absolute Gasteiger partial charge is 0.610 e. The monoisotopic (exact) mass is 384 g/mol. The zero-order chi connectivity index (χ0) is 19.2. The first-order valence-corrected chi connectivity index (χ1v) is 10.7. The minimum Gasteiger partial charge on any atom is -0.610 e. The van der Waals surface area contributed by atoms with Crippen LogP contribution in [0.5, 0.6) is 0 Å². The molecule has 1 aliphatic heterocycles. The van der Waals surface area contributed by atoms with Crippen LogP contribution in [0.25, 0.3) is 22.3 Å². The van der Waals surface area contributed by atoms with Crippen molar-refractivity contribution in [2.45, 2.75) is 17.7 Å². The molecule has 2 aromatic heterocycles. The average molecular weight is 384 g/mol. The predicted octanol–water partition coefficient (Wildman–Crippen LogP) is 2.49. The average Bonchev–Trinajstić information content (AvgIpc) is 3.30. The maximum Gasteiger partial charge on any atom is 0.254 e. The summed E-state index contributed by atoms with van der Waals surface area (Å²) in [4.78, 5) is 19.8. The summed E-state index contributed by atoms with van der Waals surface area (Å²) in [5.74, 6) is -0.0121. The van der Waals surface area contributed by atoms with Crippen LogP contribution >= 0.6 is 0 Å². The maximum atomic E-state index is 13.0. The topological polar surface area (TPSA) is 91.2 Å². The van der Waals surface area contributed by atoms with Crippen molar-refractivity contribution < 1.29 is 13.6 Å². The Hall–Kier alpha value is -2.58. The van der Waals surface area contributed by atoms with Gasteiger partial charge in [0.15, 0.2) is 10.5 Å². The number of sulfone groups is 1. The van der Waals surface area contributed by atoms with Gasteiger partial charge in [0.1, 0.15) is 6.26 Å². The number of amides is 1. The molecule has 7 nitrogen and oxygen atoms in total. The van der Waals surface area contributed by atoms with E-state index in [-0.39, 0.29) is 10.8 Å². The third-order valence-corrected chi connectivity index (χ3v) is 6.04. The highest BCUT2D eigenvalue weighted by Crippen LogP contribution is 2.27. The molecule has 1 unspecified atom stereocenters. The van der Waals surface area contributed by atoms with Crippen molar-refractivity contribution >= 4 is 27.2 Å². The Balaban J connectivity index is 1.83. The van der Waals surface area contributed by atoms with Gasteiger partial charge >= 0.3 is 0 Å². The molecule has 1 amide bonds. The molecule has 1 fully saturated rings. The van der Waals surface area contributed by atoms with Crippen LogP contribution in [0.3, 0.4) is 0 Å². The number of carbonyl (C=O) groups excluding carboxylic acids is 1. The molecule has 4 rings (SSSR count). The Kier molecular flexibility index (Phi) is 4.32. The fraction of sp³-hybridized carbons (Fsp3) is 0.316. The van der Waals surface area contributed by atoms with E-state index in [0.29, 0.717) is 16.9 Å². The number of aryl methyl sites for hydroxylation is 1. The van der Waals surface area contributed by atoms with Gasteiger partial charge in [0.2, 0.25) is 0 Å². The van der Waals surface area contributed by atoms with Gasteiger partial charge in [-0.1, -0.05) is 0 Å². The van der Waals surface area contributed by atoms with Crippen molar-refractivity contribution in [2.24, 2.45) is 7.05 Å². The molecule has 1 aliphatic rings. The number of fused-ring (bicyclic) bond motifs is 1. The number of carbonyl (C=O) groups is 1. The molecule has 1 aromatic carbocycles. The molecule has 0 radical (unpaired) electrons. The Morgan fingerprint density at radius 2 is 1.85 bits per heavy atom. The van der Waals surface area contributed by atoms with Crippen molar-refractivity contribution in [2.75, 3.05) is 19.3 Å². The Morgan fingerprint density at radius 3 is 2.48 bits per heavy atom. The van der Waals surface area contributed by atoms with E-state index >= 15 is 0 Å². The van der Waals surface area contributed by atoms with Gasteiger partial charge in [-0.3, -0.25) is 9.48 Å². The van der Waals surface area contributed by atoms with Crippen LogP contribution in [-0.2, 0) is 21.5 Å². The molecule has 1 atom stereocenters. The smallest absolute Gasteiger partial charge is 0.254 e. The normalized spacial score (nSPS) is 16.6. The summed E-state index contributed by atoms with van der Waals surface area (Å²) in [6, 6.07) is 8.32. The summed E-state index contributed by atoms with van der Waals surface area (Å²) in [7, 11) is -1.47. The molecule has 1 saturated heterocycles. The molecule has 0 aliphatic carbocycles. The lowest BCUT2D eigenvalue weighted by Gasteiger charge is -2.16. The minimum absolute atomic E-state index is 0.0121. The lowest BCUT2D eigenvalue weighted by atomic mass is 10.1. The molecule has 0 bridgehead atoms. The van der Waals surface area contributed by atoms with E-state index in [1.807, 2.05) is 4.90 Å². The van der Waals surface area contributed by atoms with E-state index in [4.69, 9.17) is 0 Å². The summed E-state index contributed by atoms with van der Waals surface area (Å²) in [6.07, 6.45) is 4.89. The predicted molar refractivity (Wildman–Crippen MR) is 102 cm³/mol. The Morgan fingerprint density at radius 1 is 1.19 bits per heavy atom. The van der Waals surface area contributed by atoms with Crippen LogP contribution in [-0.4, -0.2) is 49.5 Å². The number of nitrogens with zero attached hydrogens (tertiary/aromatic N) is 4. The van der Waals surface area contributed by atoms with Crippen molar-refractivity contribution in [3.8, 4) is 11.3 Å². The van der Waals surface area contributed by atoms with Gasteiger partial charge in [-0.05, 0) is 43.2 Å². The van der Waals surface area contributed by atoms with Gasteiger partial charge < -0.3 is 9.45 Å². The molecule has 3 heterocycles. The molecular weight excluding hydrogens is 364 g/mol. The van der Waals surface area contributed by atoms with Gasteiger partial charge in [-0.2, -0.15) is 5.10 Å². The lowest BCUT2D eigenvalue weighted by Crippen LogP contribution is -2.27. The quantitative estimate of drug-likeness (QED) is 0.647. The summed E-state index contributed by atoms with van der Waals surface area (Å²) < 4.78 is 25.0. The highest BCUT2D eigenvalue weighted by atomic mass is 32.3. The summed E-state index contributed by atoms with van der Waals surface area (Å²) in [5.41, 5.74) is 2.58. The lowest BCUT2D eigenvalue weighted by molar-refractivity contribution is 0.0794. The second-order valence-corrected chi connectivity index (χ2v) is 8.87. The number of hydrogen-bond acceptors (Lipinski definition) is 5. The minimum atomic E-state index is -3.26. The molecule has 0 saturated carbocycles. The highest BCUT2D eigenvalue weighted by Gasteiger charge is 2.24. The van der Waals surface area contributed by atoms with E-state index in [0.717, 1.165) is 36.9 Å². The molecule has 0 N–H and O–H groups in total. The maximum absolute atomic E-state index is 13.0. The first-order chi connectivity index (χ1) is 12.8. The van der Waals surface area contributed by atoms with Gasteiger partial charge in [0, 0.05) is 25.7 Å². The number of rotatable bonds is 3. The fourth-order valence-electron chi connectivity index (χ4n) is 3.40. The van der Waals surface area contributed by atoms with Crippen LogP contribution in [0.4, 0.5) is 0 Å². The zero-order valence-electron chi connectivity index (χ0n) is 15.2. The third-order valence-electron chi connectivity index (χ3n) is 4.91. The molecule has 0 spiro atoms. The van der Waals surface area contributed by atoms with E-state index in [1.54, 1.807) is 48.3 Å². The Bertz CT molecular complexity index is 1060. The Labute approximate surface area is 158 Å². The molecule has 8 heteroatoms. The van der Waals surface area contributed by atoms with Crippen LogP contribution in [0, 0.1) is 0 Å². The van der Waals surface area contributed by atoms with E-state index in [1.165, 1.54) is 6.26 Å². The van der Waals surface area contributed by atoms with Crippen LogP contribution in [0.1, 0.15) is 23.2 Å². The number of likely N-dealkylation sites (tertiary alicyclic amines) is 1. The number of hydrogen-bond donors (Lipinski definition) is 0. The standard InChI is InChI=1S/C19H20N4O3S/c1-22-18-16(12-20-22)15(19(24)23-9-3-4-10-23)11-17(21-18)13-5-7-14(8-6-13)27(2,25)26/h5-8,11-12H,3-4,9-10H2,1-2H3. The zero-order valence-corrected chi connectivity index (χ0v) is 16.0. The highest BCUT2D eigenvalue weighted by molar-refractivity contribution is 7.97. The van der Waals surface area contributed by atoms with Crippen molar-refractivity contribution in [3.63, 3.8) is 0 Å². The number of aromatic nitrogens is 3. The molecular formula is C19H20N4O3S. The molecule has 27 heavy (non-hydrogen) atoms. The molecule has 140 valence electrons. The summed E-state index contributed by atoms with van der Waals surface area (Å²) >= 11 is 0. The van der Waals surface area contributed by atoms with Crippen molar-refractivity contribution in [3.05, 3.63) is 42.1 Å². The second-order valence-electron chi connectivity index (χ2n) is 6.86. The van der Waals surface area contributed by atoms with Gasteiger partial charge in [0.05, 0.1) is 33.1 Å². The first-order valence-electron chi connectivity index (χ1n) is 8.77. The summed E-state index contributed by atoms with van der Waals surface area (Å²) in [5, 5.41) is 4.98. The van der Waals surface area contributed by atoms with E-state index in [9.17, 15) is 13.6 Å². The van der Waals surface area contributed by atoms with Crippen LogP contribution in [0.2, 0.25) is 0 Å². The summed E-state index contributed by atoms with van der Waals surface area (Å²) in [6.45, 7) is 1.53. The third kappa shape index (κ3) is 3.26. The first kappa shape index (κ1) is 17.8. The van der Waals surface area contributed by atoms with Crippen molar-refractivity contribution in [1.82, 2.24) is 19.7 Å². The van der Waals surface area contributed by atoms with Gasteiger partial charge in [-0.15, -0.1) is 4.21 Å². The van der Waals surface area contributed by atoms with E-state index < -0.39 is 10.2 Å². The number of pyridine rings is 1. The SMILES string of the molecule is Cn1ncc2c(C(=O)N3CCCC3)cc(-c3ccc([S+](C)(=O)[O-])cc3)nc21. The fourth-order valence-corrected chi connectivity index (χ4v) is 4.03. The van der Waals surface area contributed by atoms with Crippen molar-refractivity contribution in [1.29, 1.82) is 0 Å². The second kappa shape index (κ2) is 6.54. The van der Waals surface area contributed by atoms with Gasteiger partial charge in [-0.25, -0.2) is 4.98 Å². The van der Waals surface area contributed by atoms with Gasteiger partial charge in [0.25, 0.3) is 5.91 Å².